The molecule has 6 N–H and O–H groups in total. The quantitative estimate of drug-likeness (QED) is 0.348. The van der Waals surface area contributed by atoms with Crippen molar-refractivity contribution in [2.24, 2.45) is 11.7 Å². The molecular weight excluding hydrogens is 340 g/mol. The normalized spacial score (nSPS) is 10.2. The number of hydrogen-bond acceptors (Lipinski definition) is 6. The second-order valence-electron chi connectivity index (χ2n) is 5.35. The van der Waals surface area contributed by atoms with Crippen molar-refractivity contribution in [1.29, 1.82) is 0 Å². The third kappa shape index (κ3) is 4.02. The lowest BCUT2D eigenvalue weighted by Crippen LogP contribution is -2.48. The van der Waals surface area contributed by atoms with Crippen LogP contribution < -0.4 is 31.6 Å². The molecule has 0 saturated heterocycles. The van der Waals surface area contributed by atoms with E-state index in [1.807, 2.05) is 5.43 Å². The Morgan fingerprint density at radius 1 is 1.23 bits per heavy atom. The zero-order valence-electron chi connectivity index (χ0n) is 14.4. The molecule has 138 valence electrons. The molecule has 0 bridgehead atoms. The van der Waals surface area contributed by atoms with Crippen molar-refractivity contribution in [2.75, 3.05) is 12.1 Å². The van der Waals surface area contributed by atoms with Crippen molar-refractivity contribution < 1.29 is 24.2 Å². The number of carboxylic acids is 1. The van der Waals surface area contributed by atoms with Crippen LogP contribution in [-0.4, -0.2) is 24.2 Å². The number of nitrogens with zero attached hydrogens (tertiary/aromatic N) is 1. The van der Waals surface area contributed by atoms with Crippen molar-refractivity contribution in [3.05, 3.63) is 53.1 Å². The molecule has 0 aliphatic rings. The van der Waals surface area contributed by atoms with Crippen LogP contribution in [0.2, 0.25) is 0 Å². The van der Waals surface area contributed by atoms with Crippen molar-refractivity contribution >= 4 is 17.7 Å². The van der Waals surface area contributed by atoms with Crippen LogP contribution in [0.5, 0.6) is 11.5 Å². The second-order valence-corrected chi connectivity index (χ2v) is 5.35. The first-order valence-electron chi connectivity index (χ1n) is 7.57. The van der Waals surface area contributed by atoms with E-state index in [1.165, 1.54) is 19.2 Å². The van der Waals surface area contributed by atoms with E-state index >= 15 is 0 Å². The Balaban J connectivity index is 2.31. The summed E-state index contributed by atoms with van der Waals surface area (Å²) in [4.78, 5) is 22.7. The van der Waals surface area contributed by atoms with Crippen LogP contribution in [0.15, 0.2) is 36.4 Å². The molecular formula is C17H20N4O5. The number of rotatable bonds is 6. The molecule has 2 rings (SSSR count). The Kier molecular flexibility index (Phi) is 5.99. The fourth-order valence-electron chi connectivity index (χ4n) is 2.39. The van der Waals surface area contributed by atoms with Gasteiger partial charge in [-0.1, -0.05) is 6.07 Å². The summed E-state index contributed by atoms with van der Waals surface area (Å²) in [7, 11) is 1.49. The molecule has 26 heavy (non-hydrogen) atoms. The van der Waals surface area contributed by atoms with Crippen LogP contribution in [0, 0.1) is 6.92 Å². The molecule has 0 heterocycles. The molecule has 0 aliphatic heterocycles. The van der Waals surface area contributed by atoms with Gasteiger partial charge < -0.3 is 14.6 Å². The molecule has 9 nitrogen and oxygen atoms in total. The average molecular weight is 360 g/mol. The lowest BCUT2D eigenvalue weighted by atomic mass is 10.1. The van der Waals surface area contributed by atoms with E-state index in [0.717, 1.165) is 5.01 Å². The number of carbonyl (C=O) groups excluding carboxylic acids is 1. The van der Waals surface area contributed by atoms with Crippen LogP contribution in [0.1, 0.15) is 21.5 Å². The summed E-state index contributed by atoms with van der Waals surface area (Å²) in [6, 6.07) is 8.83. The third-order valence-electron chi connectivity index (χ3n) is 3.72. The van der Waals surface area contributed by atoms with Crippen LogP contribution in [-0.2, 0) is 6.61 Å². The van der Waals surface area contributed by atoms with Gasteiger partial charge in [-0.3, -0.25) is 5.43 Å². The minimum absolute atomic E-state index is 0.0398. The summed E-state index contributed by atoms with van der Waals surface area (Å²) in [5, 5.41) is 9.87. The maximum absolute atomic E-state index is 11.7. The fourth-order valence-corrected chi connectivity index (χ4v) is 2.39. The Morgan fingerprint density at radius 2 is 1.96 bits per heavy atom. The number of carbonyl (C=O) groups is 2. The van der Waals surface area contributed by atoms with E-state index in [9.17, 15) is 9.59 Å². The molecule has 0 fully saturated rings. The zero-order valence-corrected chi connectivity index (χ0v) is 14.4. The number of anilines is 1. The van der Waals surface area contributed by atoms with Gasteiger partial charge in [0.15, 0.2) is 0 Å². The molecule has 0 unspecified atom stereocenters. The number of nitrogens with one attached hydrogen (secondary N) is 1. The first-order valence-corrected chi connectivity index (χ1v) is 7.57. The number of aryl methyl sites for hydroxylation is 1. The molecule has 9 heteroatoms. The summed E-state index contributed by atoms with van der Waals surface area (Å²) < 4.78 is 11.1. The predicted octanol–water partition coefficient (Wildman–Crippen LogP) is 1.54. The van der Waals surface area contributed by atoms with Crippen LogP contribution >= 0.6 is 0 Å². The first kappa shape index (κ1) is 19.0. The number of hydrazine groups is 2. The van der Waals surface area contributed by atoms with Gasteiger partial charge in [0.2, 0.25) is 0 Å². The van der Waals surface area contributed by atoms with Gasteiger partial charge in [-0.05, 0) is 42.8 Å². The number of urea groups is 1. The zero-order chi connectivity index (χ0) is 19.3. The number of ether oxygens (including phenoxy) is 2. The topological polar surface area (TPSA) is 140 Å². The minimum atomic E-state index is -1.02. The highest BCUT2D eigenvalue weighted by Crippen LogP contribution is 2.30. The Labute approximate surface area is 150 Å². The van der Waals surface area contributed by atoms with Crippen LogP contribution in [0.3, 0.4) is 0 Å². The maximum Gasteiger partial charge on any atom is 0.350 e. The van der Waals surface area contributed by atoms with E-state index in [-0.39, 0.29) is 12.2 Å². The molecule has 0 aromatic heterocycles. The number of hydrogen-bond donors (Lipinski definition) is 4. The summed E-state index contributed by atoms with van der Waals surface area (Å²) in [6.07, 6.45) is 0. The molecule has 0 saturated carbocycles. The highest BCUT2D eigenvalue weighted by Gasteiger charge is 2.18. The van der Waals surface area contributed by atoms with E-state index in [4.69, 9.17) is 26.3 Å². The maximum atomic E-state index is 11.7. The molecule has 0 atom stereocenters. The van der Waals surface area contributed by atoms with Gasteiger partial charge in [0, 0.05) is 0 Å². The molecule has 2 amide bonds. The monoisotopic (exact) mass is 360 g/mol. The molecule has 0 radical (unpaired) electrons. The SMILES string of the molecule is COc1cccc(N(N)C(=O)NN)c1COc1ccc(C(=O)O)cc1C. The van der Waals surface area contributed by atoms with E-state index in [0.29, 0.717) is 28.3 Å². The van der Waals surface area contributed by atoms with Gasteiger partial charge >= 0.3 is 12.0 Å². The molecule has 0 spiro atoms. The average Bonchev–Trinajstić information content (AvgIpc) is 2.65. The van der Waals surface area contributed by atoms with E-state index < -0.39 is 12.0 Å². The predicted molar refractivity (Wildman–Crippen MR) is 94.8 cm³/mol. The second kappa shape index (κ2) is 8.19. The number of methoxy groups -OCH3 is 1. The fraction of sp³-hybridized carbons (Fsp3) is 0.176. The third-order valence-corrected chi connectivity index (χ3v) is 3.72. The van der Waals surface area contributed by atoms with Crippen LogP contribution in [0.25, 0.3) is 0 Å². The lowest BCUT2D eigenvalue weighted by Gasteiger charge is -2.21. The summed E-state index contributed by atoms with van der Waals surface area (Å²) in [5.74, 6) is 10.9. The van der Waals surface area contributed by atoms with Crippen molar-refractivity contribution in [1.82, 2.24) is 5.43 Å². The van der Waals surface area contributed by atoms with Gasteiger partial charge in [-0.2, -0.15) is 0 Å². The van der Waals surface area contributed by atoms with Gasteiger partial charge in [0.05, 0.1) is 23.9 Å². The highest BCUT2D eigenvalue weighted by molar-refractivity contribution is 5.91. The van der Waals surface area contributed by atoms with E-state index in [1.54, 1.807) is 31.2 Å². The van der Waals surface area contributed by atoms with Crippen molar-refractivity contribution in [3.8, 4) is 11.5 Å². The summed E-state index contributed by atoms with van der Waals surface area (Å²) in [5.41, 5.74) is 3.66. The largest absolute Gasteiger partial charge is 0.496 e. The first-order chi connectivity index (χ1) is 12.4. The van der Waals surface area contributed by atoms with Gasteiger partial charge in [-0.15, -0.1) is 0 Å². The molecule has 2 aromatic carbocycles. The number of carboxylic acid groups (broad SMARTS) is 1. The Hall–Kier alpha value is -3.30. The molecule has 0 aliphatic carbocycles. The standard InChI is InChI=1S/C17H20N4O5/c1-10-8-11(16(22)23)6-7-14(10)26-9-12-13(21(19)17(24)20-18)4-3-5-15(12)25-2/h3-8H,9,18-19H2,1-2H3,(H,20,24)(H,22,23). The number of aromatic carboxylic acids is 1. The van der Waals surface area contributed by atoms with Crippen molar-refractivity contribution in [2.45, 2.75) is 13.5 Å². The van der Waals surface area contributed by atoms with Gasteiger partial charge in [-0.25, -0.2) is 26.3 Å². The van der Waals surface area contributed by atoms with Crippen molar-refractivity contribution in [3.63, 3.8) is 0 Å². The minimum Gasteiger partial charge on any atom is -0.496 e. The summed E-state index contributed by atoms with van der Waals surface area (Å²) >= 11 is 0. The van der Waals surface area contributed by atoms with E-state index in [2.05, 4.69) is 0 Å². The van der Waals surface area contributed by atoms with Crippen LogP contribution in [0.4, 0.5) is 10.5 Å². The molecule has 2 aromatic rings. The number of benzene rings is 2. The Bertz CT molecular complexity index is 825. The number of amides is 2. The van der Waals surface area contributed by atoms with Gasteiger partial charge in [0.1, 0.15) is 18.1 Å². The lowest BCUT2D eigenvalue weighted by molar-refractivity contribution is 0.0696. The number of nitrogens with two attached hydrogens (primary N) is 2. The van der Waals surface area contributed by atoms with Gasteiger partial charge in [0.25, 0.3) is 0 Å². The highest BCUT2D eigenvalue weighted by atomic mass is 16.5. The summed E-state index contributed by atoms with van der Waals surface area (Å²) in [6.45, 7) is 1.78. The Morgan fingerprint density at radius 3 is 2.54 bits per heavy atom. The smallest absolute Gasteiger partial charge is 0.350 e.